The van der Waals surface area contributed by atoms with Gasteiger partial charge in [-0.1, -0.05) is 12.1 Å². The SMILES string of the molecule is C[C@@H]1CN(CC(=O)N2c3cc(Cc4ccc(F)cc4)c(C=O)nc3OC[C@@H]2C)[C@@H](CN2[C@H](C)COC[C@H]2C)CN1C(=O)OC(C)(C)C. The highest BCUT2D eigenvalue weighted by Crippen LogP contribution is 2.35. The Labute approximate surface area is 276 Å². The lowest BCUT2D eigenvalue weighted by molar-refractivity contribution is -0.123. The van der Waals surface area contributed by atoms with Crippen LogP contribution in [0.15, 0.2) is 30.3 Å². The van der Waals surface area contributed by atoms with Crippen molar-refractivity contribution >= 4 is 24.0 Å². The van der Waals surface area contributed by atoms with Gasteiger partial charge in [0.25, 0.3) is 0 Å². The third-order valence-electron chi connectivity index (χ3n) is 9.12. The van der Waals surface area contributed by atoms with Crippen molar-refractivity contribution in [1.29, 1.82) is 0 Å². The van der Waals surface area contributed by atoms with Crippen molar-refractivity contribution in [3.8, 4) is 5.88 Å². The maximum Gasteiger partial charge on any atom is 0.410 e. The molecule has 256 valence electrons. The van der Waals surface area contributed by atoms with Crippen LogP contribution in [0.3, 0.4) is 0 Å². The topological polar surface area (TPSA) is 105 Å². The zero-order valence-corrected chi connectivity index (χ0v) is 28.6. The number of morpholine rings is 1. The van der Waals surface area contributed by atoms with Gasteiger partial charge in [-0.25, -0.2) is 14.2 Å². The molecule has 4 heterocycles. The molecule has 1 aromatic carbocycles. The number of halogens is 1. The number of nitrogens with zero attached hydrogens (tertiary/aromatic N) is 5. The fraction of sp³-hybridized carbons (Fsp3) is 0.600. The number of fused-ring (bicyclic) bond motifs is 1. The molecule has 47 heavy (non-hydrogen) atoms. The van der Waals surface area contributed by atoms with Crippen molar-refractivity contribution in [2.45, 2.75) is 90.7 Å². The third kappa shape index (κ3) is 8.10. The number of ether oxygens (including phenoxy) is 3. The smallest absolute Gasteiger partial charge is 0.410 e. The van der Waals surface area contributed by atoms with Gasteiger partial charge in [0, 0.05) is 43.8 Å². The Balaban J connectivity index is 1.42. The fourth-order valence-corrected chi connectivity index (χ4v) is 6.72. The first-order valence-electron chi connectivity index (χ1n) is 16.5. The van der Waals surface area contributed by atoms with E-state index < -0.39 is 5.60 Å². The molecule has 0 unspecified atom stereocenters. The molecule has 0 N–H and O–H groups in total. The maximum atomic E-state index is 14.3. The van der Waals surface area contributed by atoms with Crippen molar-refractivity contribution in [2.24, 2.45) is 0 Å². The zero-order chi connectivity index (χ0) is 34.0. The molecule has 0 radical (unpaired) electrons. The van der Waals surface area contributed by atoms with Gasteiger partial charge in [0.2, 0.25) is 11.8 Å². The Morgan fingerprint density at radius 3 is 2.32 bits per heavy atom. The van der Waals surface area contributed by atoms with E-state index in [4.69, 9.17) is 14.2 Å². The van der Waals surface area contributed by atoms with Gasteiger partial charge in [-0.15, -0.1) is 0 Å². The van der Waals surface area contributed by atoms with Crippen LogP contribution in [0.5, 0.6) is 5.88 Å². The second-order valence-electron chi connectivity index (χ2n) is 14.2. The Bertz CT molecular complexity index is 1440. The lowest BCUT2D eigenvalue weighted by Gasteiger charge is -2.49. The molecule has 2 fully saturated rings. The number of anilines is 1. The third-order valence-corrected chi connectivity index (χ3v) is 9.12. The van der Waals surface area contributed by atoms with E-state index in [9.17, 15) is 18.8 Å². The van der Waals surface area contributed by atoms with E-state index in [1.54, 1.807) is 28.0 Å². The number of aldehydes is 1. The second-order valence-corrected chi connectivity index (χ2v) is 14.2. The minimum Gasteiger partial charge on any atom is -0.474 e. The minimum absolute atomic E-state index is 0.122. The van der Waals surface area contributed by atoms with Crippen LogP contribution in [0, 0.1) is 5.82 Å². The molecule has 12 heteroatoms. The molecule has 5 atom stereocenters. The molecule has 11 nitrogen and oxygen atoms in total. The molecular formula is C35H48FN5O6. The number of carbonyl (C=O) groups excluding carboxylic acids is 3. The molecule has 3 aliphatic rings. The van der Waals surface area contributed by atoms with Crippen molar-refractivity contribution in [3.63, 3.8) is 0 Å². The second kappa shape index (κ2) is 14.2. The number of pyridine rings is 1. The quantitative estimate of drug-likeness (QED) is 0.408. The molecule has 2 saturated heterocycles. The molecule has 0 saturated carbocycles. The van der Waals surface area contributed by atoms with Crippen molar-refractivity contribution in [3.05, 3.63) is 53.0 Å². The number of carbonyl (C=O) groups is 3. The van der Waals surface area contributed by atoms with Gasteiger partial charge in [-0.2, -0.15) is 0 Å². The largest absolute Gasteiger partial charge is 0.474 e. The summed E-state index contributed by atoms with van der Waals surface area (Å²) in [6.45, 7) is 16.9. The summed E-state index contributed by atoms with van der Waals surface area (Å²) >= 11 is 0. The Morgan fingerprint density at radius 1 is 1.00 bits per heavy atom. The van der Waals surface area contributed by atoms with Crippen LogP contribution in [0.4, 0.5) is 14.9 Å². The zero-order valence-electron chi connectivity index (χ0n) is 28.6. The predicted octanol–water partition coefficient (Wildman–Crippen LogP) is 4.16. The average Bonchev–Trinajstić information content (AvgIpc) is 2.99. The summed E-state index contributed by atoms with van der Waals surface area (Å²) < 4.78 is 31.0. The highest BCUT2D eigenvalue weighted by Gasteiger charge is 2.41. The standard InChI is InChI=1S/C35H48FN5O6/c1-22-14-38(29(15-39-23(2)19-45-20-24(39)3)16-40(22)34(44)47-35(5,6)7)17-32(43)41-25(4)21-46-33-31(41)13-27(30(18-42)37-33)12-26-8-10-28(36)11-9-26/h8-11,13,18,22-25,29H,12,14-17,19-21H2,1-7H3/t22-,23-,24-,25+,29+/m1/s1. The van der Waals surface area contributed by atoms with Crippen LogP contribution >= 0.6 is 0 Å². The van der Waals surface area contributed by atoms with Gasteiger partial charge < -0.3 is 24.0 Å². The predicted molar refractivity (Wildman–Crippen MR) is 175 cm³/mol. The Kier molecular flexibility index (Phi) is 10.5. The van der Waals surface area contributed by atoms with Crippen LogP contribution in [0.25, 0.3) is 0 Å². The first kappa shape index (κ1) is 34.7. The van der Waals surface area contributed by atoms with E-state index in [1.807, 2.05) is 34.6 Å². The van der Waals surface area contributed by atoms with Crippen LogP contribution < -0.4 is 9.64 Å². The number of aromatic nitrogens is 1. The summed E-state index contributed by atoms with van der Waals surface area (Å²) in [6, 6.07) is 7.66. The number of hydrogen-bond donors (Lipinski definition) is 0. The fourth-order valence-electron chi connectivity index (χ4n) is 6.72. The van der Waals surface area contributed by atoms with Gasteiger partial charge in [0.15, 0.2) is 6.29 Å². The average molecular weight is 654 g/mol. The highest BCUT2D eigenvalue weighted by molar-refractivity contribution is 5.97. The molecule has 0 spiro atoms. The van der Waals surface area contributed by atoms with Crippen molar-refractivity contribution in [2.75, 3.05) is 50.9 Å². The summed E-state index contributed by atoms with van der Waals surface area (Å²) in [5, 5.41) is 0. The lowest BCUT2D eigenvalue weighted by Crippen LogP contribution is -2.65. The summed E-state index contributed by atoms with van der Waals surface area (Å²) in [4.78, 5) is 52.2. The van der Waals surface area contributed by atoms with Gasteiger partial charge in [-0.3, -0.25) is 19.4 Å². The van der Waals surface area contributed by atoms with E-state index in [0.717, 1.165) is 5.56 Å². The van der Waals surface area contributed by atoms with E-state index >= 15 is 0 Å². The number of benzene rings is 1. The van der Waals surface area contributed by atoms with Crippen molar-refractivity contribution < 1.29 is 33.0 Å². The number of hydrogen-bond acceptors (Lipinski definition) is 9. The normalized spacial score (nSPS) is 25.6. The number of rotatable bonds is 7. The van der Waals surface area contributed by atoms with E-state index in [-0.39, 0.29) is 72.8 Å². The van der Waals surface area contributed by atoms with Gasteiger partial charge in [0.05, 0.1) is 25.8 Å². The minimum atomic E-state index is -0.625. The Morgan fingerprint density at radius 2 is 1.68 bits per heavy atom. The van der Waals surface area contributed by atoms with Crippen molar-refractivity contribution in [1.82, 2.24) is 19.7 Å². The molecule has 0 bridgehead atoms. The van der Waals surface area contributed by atoms with Gasteiger partial charge >= 0.3 is 6.09 Å². The molecule has 3 aliphatic heterocycles. The molecule has 2 aromatic rings. The summed E-state index contributed by atoms with van der Waals surface area (Å²) in [7, 11) is 0. The molecule has 2 amide bonds. The van der Waals surface area contributed by atoms with Crippen LogP contribution in [0.1, 0.15) is 70.1 Å². The van der Waals surface area contributed by atoms with E-state index in [1.165, 1.54) is 12.1 Å². The van der Waals surface area contributed by atoms with Crippen LogP contribution in [-0.4, -0.2) is 120 Å². The number of amides is 2. The van der Waals surface area contributed by atoms with E-state index in [0.29, 0.717) is 56.8 Å². The monoisotopic (exact) mass is 653 g/mol. The first-order chi connectivity index (χ1) is 22.2. The van der Waals surface area contributed by atoms with Gasteiger partial charge in [-0.05, 0) is 84.2 Å². The molecule has 5 rings (SSSR count). The van der Waals surface area contributed by atoms with Gasteiger partial charge in [0.1, 0.15) is 29.4 Å². The Hall–Kier alpha value is -3.61. The summed E-state index contributed by atoms with van der Waals surface area (Å²) in [6.07, 6.45) is 0.661. The molecule has 1 aromatic heterocycles. The lowest BCUT2D eigenvalue weighted by atomic mass is 10.0. The first-order valence-corrected chi connectivity index (χ1v) is 16.5. The summed E-state index contributed by atoms with van der Waals surface area (Å²) in [5.74, 6) is -0.234. The van der Waals surface area contributed by atoms with E-state index in [2.05, 4.69) is 28.6 Å². The summed E-state index contributed by atoms with van der Waals surface area (Å²) in [5.41, 5.74) is 1.53. The molecular weight excluding hydrogens is 605 g/mol. The van der Waals surface area contributed by atoms with Crippen LogP contribution in [0.2, 0.25) is 0 Å². The molecule has 0 aliphatic carbocycles. The van der Waals surface area contributed by atoms with Crippen LogP contribution in [-0.2, 0) is 20.7 Å². The highest BCUT2D eigenvalue weighted by atomic mass is 19.1. The number of piperazine rings is 1. The maximum absolute atomic E-state index is 14.3.